The smallest absolute Gasteiger partial charge is 0.140 e. The van der Waals surface area contributed by atoms with Crippen molar-refractivity contribution >= 4 is 15.9 Å². The van der Waals surface area contributed by atoms with E-state index in [-0.39, 0.29) is 0 Å². The highest BCUT2D eigenvalue weighted by molar-refractivity contribution is 9.10. The van der Waals surface area contributed by atoms with Gasteiger partial charge in [0.15, 0.2) is 0 Å². The summed E-state index contributed by atoms with van der Waals surface area (Å²) in [5, 5.41) is 0. The van der Waals surface area contributed by atoms with Crippen LogP contribution in [0.4, 0.5) is 0 Å². The molecule has 0 saturated carbocycles. The zero-order valence-electron chi connectivity index (χ0n) is 11.5. The van der Waals surface area contributed by atoms with Crippen LogP contribution in [0.3, 0.4) is 0 Å². The number of hydrogen-bond acceptors (Lipinski definition) is 2. The molecule has 2 N–H and O–H groups in total. The fourth-order valence-electron chi connectivity index (χ4n) is 2.27. The molecule has 21 heavy (non-hydrogen) atoms. The predicted octanol–water partition coefficient (Wildman–Crippen LogP) is 3.82. The minimum atomic E-state index is 0.579. The number of rotatable bonds is 4. The highest BCUT2D eigenvalue weighted by Gasteiger charge is 2.06. The van der Waals surface area contributed by atoms with Crippen molar-refractivity contribution < 1.29 is 0 Å². The molecule has 0 fully saturated rings. The van der Waals surface area contributed by atoms with E-state index in [1.165, 1.54) is 5.56 Å². The molecule has 0 saturated heterocycles. The minimum Gasteiger partial charge on any atom is -0.327 e. The average Bonchev–Trinajstić information content (AvgIpc) is 2.97. The molecule has 2 aromatic carbocycles. The first-order valence-corrected chi connectivity index (χ1v) is 7.60. The lowest BCUT2D eigenvalue weighted by molar-refractivity contribution is 0.806. The molecule has 0 atom stereocenters. The molecule has 0 bridgehead atoms. The Kier molecular flexibility index (Phi) is 4.18. The van der Waals surface area contributed by atoms with Crippen molar-refractivity contribution in [2.45, 2.75) is 13.1 Å². The van der Waals surface area contributed by atoms with Crippen LogP contribution < -0.4 is 5.73 Å². The normalized spacial score (nSPS) is 10.8. The summed E-state index contributed by atoms with van der Waals surface area (Å²) >= 11 is 3.46. The fourth-order valence-corrected chi connectivity index (χ4v) is 2.54. The molecule has 0 aliphatic heterocycles. The number of imidazole rings is 1. The number of nitrogens with two attached hydrogens (primary N) is 1. The minimum absolute atomic E-state index is 0.579. The molecule has 1 heterocycles. The third-order valence-corrected chi connectivity index (χ3v) is 3.96. The Morgan fingerprint density at radius 2 is 1.62 bits per heavy atom. The quantitative estimate of drug-likeness (QED) is 0.783. The second kappa shape index (κ2) is 6.24. The highest BCUT2D eigenvalue weighted by Crippen LogP contribution is 2.21. The second-order valence-corrected chi connectivity index (χ2v) is 5.82. The summed E-state index contributed by atoms with van der Waals surface area (Å²) in [6.45, 7) is 1.38. The molecule has 0 unspecified atom stereocenters. The Labute approximate surface area is 132 Å². The number of benzene rings is 2. The Balaban J connectivity index is 1.86. The van der Waals surface area contributed by atoms with Crippen LogP contribution in [0.25, 0.3) is 11.4 Å². The molecule has 0 spiro atoms. The van der Waals surface area contributed by atoms with E-state index >= 15 is 0 Å². The Hall–Kier alpha value is -1.91. The summed E-state index contributed by atoms with van der Waals surface area (Å²) in [6.07, 6.45) is 3.85. The van der Waals surface area contributed by atoms with E-state index in [1.54, 1.807) is 0 Å². The number of aromatic nitrogens is 2. The van der Waals surface area contributed by atoms with E-state index in [4.69, 9.17) is 5.73 Å². The highest BCUT2D eigenvalue weighted by atomic mass is 79.9. The number of hydrogen-bond donors (Lipinski definition) is 1. The van der Waals surface area contributed by atoms with Gasteiger partial charge < -0.3 is 10.3 Å². The monoisotopic (exact) mass is 341 g/mol. The maximum Gasteiger partial charge on any atom is 0.140 e. The first kappa shape index (κ1) is 14.0. The Bertz CT molecular complexity index is 715. The molecule has 1 aromatic heterocycles. The van der Waals surface area contributed by atoms with Gasteiger partial charge in [0.2, 0.25) is 0 Å². The number of nitrogens with zero attached hydrogens (tertiary/aromatic N) is 2. The standard InChI is InChI=1S/C17H16BrN3/c18-16-7-5-15(6-8-16)17-20-9-10-21(17)12-14-3-1-13(11-19)2-4-14/h1-10H,11-12,19H2. The molecule has 0 radical (unpaired) electrons. The maximum absolute atomic E-state index is 5.63. The molecule has 0 aliphatic rings. The van der Waals surface area contributed by atoms with Gasteiger partial charge in [0.05, 0.1) is 0 Å². The van der Waals surface area contributed by atoms with Crippen molar-refractivity contribution in [3.8, 4) is 11.4 Å². The van der Waals surface area contributed by atoms with E-state index < -0.39 is 0 Å². The maximum atomic E-state index is 5.63. The van der Waals surface area contributed by atoms with Gasteiger partial charge in [0.25, 0.3) is 0 Å². The predicted molar refractivity (Wildman–Crippen MR) is 88.8 cm³/mol. The SMILES string of the molecule is NCc1ccc(Cn2ccnc2-c2ccc(Br)cc2)cc1. The Morgan fingerprint density at radius 1 is 0.952 bits per heavy atom. The van der Waals surface area contributed by atoms with Gasteiger partial charge in [-0.1, -0.05) is 52.3 Å². The van der Waals surface area contributed by atoms with Gasteiger partial charge in [0, 0.05) is 35.5 Å². The van der Waals surface area contributed by atoms with Gasteiger partial charge in [-0.05, 0) is 23.3 Å². The van der Waals surface area contributed by atoms with Gasteiger partial charge in [-0.2, -0.15) is 0 Å². The second-order valence-electron chi connectivity index (χ2n) is 4.91. The van der Waals surface area contributed by atoms with Crippen molar-refractivity contribution in [1.82, 2.24) is 9.55 Å². The summed E-state index contributed by atoms with van der Waals surface area (Å²) in [7, 11) is 0. The van der Waals surface area contributed by atoms with Crippen LogP contribution in [-0.4, -0.2) is 9.55 Å². The summed E-state index contributed by atoms with van der Waals surface area (Å²) in [4.78, 5) is 4.47. The summed E-state index contributed by atoms with van der Waals surface area (Å²) in [5.74, 6) is 0.977. The zero-order chi connectivity index (χ0) is 14.7. The van der Waals surface area contributed by atoms with E-state index in [9.17, 15) is 0 Å². The summed E-state index contributed by atoms with van der Waals surface area (Å²) < 4.78 is 3.22. The lowest BCUT2D eigenvalue weighted by Crippen LogP contribution is -2.02. The van der Waals surface area contributed by atoms with Crippen LogP contribution >= 0.6 is 15.9 Å². The van der Waals surface area contributed by atoms with E-state index in [0.29, 0.717) is 6.54 Å². The molecule has 106 valence electrons. The molecular weight excluding hydrogens is 326 g/mol. The van der Waals surface area contributed by atoms with Crippen LogP contribution in [0, 0.1) is 0 Å². The molecule has 0 aliphatic carbocycles. The molecule has 3 rings (SSSR count). The summed E-state index contributed by atoms with van der Waals surface area (Å²) in [6, 6.07) is 16.6. The third-order valence-electron chi connectivity index (χ3n) is 3.43. The average molecular weight is 342 g/mol. The molecular formula is C17H16BrN3. The van der Waals surface area contributed by atoms with Crippen LogP contribution in [0.2, 0.25) is 0 Å². The molecule has 3 aromatic rings. The summed E-state index contributed by atoms with van der Waals surface area (Å²) in [5.41, 5.74) is 9.13. The van der Waals surface area contributed by atoms with Gasteiger partial charge in [0.1, 0.15) is 5.82 Å². The molecule has 4 heteroatoms. The lowest BCUT2D eigenvalue weighted by Gasteiger charge is -2.09. The van der Waals surface area contributed by atoms with Crippen molar-refractivity contribution in [1.29, 1.82) is 0 Å². The van der Waals surface area contributed by atoms with Crippen molar-refractivity contribution in [3.63, 3.8) is 0 Å². The topological polar surface area (TPSA) is 43.8 Å². The molecule has 3 nitrogen and oxygen atoms in total. The van der Waals surface area contributed by atoms with Crippen LogP contribution in [0.5, 0.6) is 0 Å². The fraction of sp³-hybridized carbons (Fsp3) is 0.118. The number of halogens is 1. The third kappa shape index (κ3) is 3.23. The Morgan fingerprint density at radius 3 is 2.29 bits per heavy atom. The van der Waals surface area contributed by atoms with E-state index in [0.717, 1.165) is 28.0 Å². The van der Waals surface area contributed by atoms with Gasteiger partial charge in [-0.15, -0.1) is 0 Å². The van der Waals surface area contributed by atoms with Gasteiger partial charge in [-0.3, -0.25) is 0 Å². The van der Waals surface area contributed by atoms with Crippen LogP contribution in [-0.2, 0) is 13.1 Å². The van der Waals surface area contributed by atoms with Crippen molar-refractivity contribution in [2.24, 2.45) is 5.73 Å². The zero-order valence-corrected chi connectivity index (χ0v) is 13.1. The first-order valence-electron chi connectivity index (χ1n) is 6.81. The van der Waals surface area contributed by atoms with Crippen LogP contribution in [0.1, 0.15) is 11.1 Å². The first-order chi connectivity index (χ1) is 10.3. The van der Waals surface area contributed by atoms with Crippen molar-refractivity contribution in [2.75, 3.05) is 0 Å². The lowest BCUT2D eigenvalue weighted by atomic mass is 10.1. The van der Waals surface area contributed by atoms with E-state index in [1.807, 2.05) is 24.5 Å². The molecule has 0 amide bonds. The van der Waals surface area contributed by atoms with Gasteiger partial charge >= 0.3 is 0 Å². The largest absolute Gasteiger partial charge is 0.327 e. The van der Waals surface area contributed by atoms with Gasteiger partial charge in [-0.25, -0.2) is 4.98 Å². The van der Waals surface area contributed by atoms with E-state index in [2.05, 4.69) is 61.9 Å². The van der Waals surface area contributed by atoms with Crippen molar-refractivity contribution in [3.05, 3.63) is 76.5 Å². The van der Waals surface area contributed by atoms with Crippen LogP contribution in [0.15, 0.2) is 65.4 Å².